The summed E-state index contributed by atoms with van der Waals surface area (Å²) in [6.07, 6.45) is 0.557. The van der Waals surface area contributed by atoms with Crippen molar-refractivity contribution in [3.8, 4) is 0 Å². The van der Waals surface area contributed by atoms with E-state index < -0.39 is 12.2 Å². The van der Waals surface area contributed by atoms with Gasteiger partial charge in [0.25, 0.3) is 0 Å². The maximum Gasteiger partial charge on any atom is 0.404 e. The molecule has 1 atom stereocenters. The van der Waals surface area contributed by atoms with Gasteiger partial charge in [-0.05, 0) is 44.7 Å². The van der Waals surface area contributed by atoms with E-state index in [1.165, 1.54) is 0 Å². The Morgan fingerprint density at radius 3 is 2.16 bits per heavy atom. The second-order valence-corrected chi connectivity index (χ2v) is 5.99. The highest BCUT2D eigenvalue weighted by molar-refractivity contribution is 4.87. The molecule has 1 saturated carbocycles. The fourth-order valence-corrected chi connectivity index (χ4v) is 2.91. The molecule has 1 aliphatic rings. The van der Waals surface area contributed by atoms with E-state index >= 15 is 0 Å². The first-order chi connectivity index (χ1) is 8.86. The number of nitrogens with two attached hydrogens (primary N) is 1. The van der Waals surface area contributed by atoms with E-state index in [2.05, 4.69) is 13.8 Å². The Morgan fingerprint density at radius 2 is 1.74 bits per heavy atom. The van der Waals surface area contributed by atoms with Crippen LogP contribution in [-0.2, 0) is 0 Å². The van der Waals surface area contributed by atoms with Gasteiger partial charge in [-0.25, -0.2) is 0 Å². The minimum atomic E-state index is -4.17. The molecule has 1 fully saturated rings. The Morgan fingerprint density at radius 1 is 1.16 bits per heavy atom. The van der Waals surface area contributed by atoms with Gasteiger partial charge >= 0.3 is 6.18 Å². The normalized spacial score (nSPS) is 19.6. The van der Waals surface area contributed by atoms with Crippen molar-refractivity contribution >= 4 is 0 Å². The Labute approximate surface area is 114 Å². The highest BCUT2D eigenvalue weighted by Gasteiger charge is 2.45. The smallest absolute Gasteiger partial charge is 0.330 e. The third-order valence-electron chi connectivity index (χ3n) is 3.98. The maximum absolute atomic E-state index is 13.2. The Hall–Kier alpha value is -0.290. The average molecular weight is 280 g/mol. The molecule has 0 aromatic carbocycles. The molecule has 1 unspecified atom stereocenters. The molecule has 0 saturated heterocycles. The number of hydrogen-bond donors (Lipinski definition) is 1. The second-order valence-electron chi connectivity index (χ2n) is 5.99. The van der Waals surface area contributed by atoms with Gasteiger partial charge in [0.15, 0.2) is 0 Å². The highest BCUT2D eigenvalue weighted by Crippen LogP contribution is 2.33. The van der Waals surface area contributed by atoms with Gasteiger partial charge in [0, 0.05) is 6.04 Å². The zero-order chi connectivity index (χ0) is 14.5. The van der Waals surface area contributed by atoms with Crippen LogP contribution in [0.3, 0.4) is 0 Å². The first-order valence-corrected chi connectivity index (χ1v) is 7.38. The van der Waals surface area contributed by atoms with Crippen molar-refractivity contribution in [1.29, 1.82) is 0 Å². The van der Waals surface area contributed by atoms with Crippen molar-refractivity contribution in [1.82, 2.24) is 4.90 Å². The molecule has 0 radical (unpaired) electrons. The van der Waals surface area contributed by atoms with Gasteiger partial charge in [-0.2, -0.15) is 13.2 Å². The van der Waals surface area contributed by atoms with Gasteiger partial charge in [0.05, 0.1) is 0 Å². The zero-order valence-electron chi connectivity index (χ0n) is 12.0. The predicted octanol–water partition coefficient (Wildman–Crippen LogP) is 3.56. The van der Waals surface area contributed by atoms with Crippen molar-refractivity contribution in [2.24, 2.45) is 11.7 Å². The number of halogens is 3. The Bertz CT molecular complexity index is 248. The molecule has 1 aliphatic carbocycles. The number of rotatable bonds is 7. The van der Waals surface area contributed by atoms with Crippen LogP contribution in [0.2, 0.25) is 0 Å². The summed E-state index contributed by atoms with van der Waals surface area (Å²) in [4.78, 5) is 1.69. The van der Waals surface area contributed by atoms with E-state index in [-0.39, 0.29) is 19.0 Å². The third-order valence-corrected chi connectivity index (χ3v) is 3.98. The predicted molar refractivity (Wildman–Crippen MR) is 71.9 cm³/mol. The van der Waals surface area contributed by atoms with Gasteiger partial charge in [-0.15, -0.1) is 0 Å². The van der Waals surface area contributed by atoms with Crippen LogP contribution in [0.5, 0.6) is 0 Å². The molecule has 0 aliphatic heterocycles. The average Bonchev–Trinajstić information content (AvgIpc) is 2.80. The van der Waals surface area contributed by atoms with Crippen LogP contribution in [0.25, 0.3) is 0 Å². The van der Waals surface area contributed by atoms with Crippen molar-refractivity contribution < 1.29 is 13.2 Å². The van der Waals surface area contributed by atoms with Gasteiger partial charge in [-0.3, -0.25) is 4.90 Å². The summed E-state index contributed by atoms with van der Waals surface area (Å²) in [5.41, 5.74) is 5.39. The number of nitrogens with zero attached hydrogens (tertiary/aromatic N) is 1. The van der Waals surface area contributed by atoms with Crippen molar-refractivity contribution in [2.45, 2.75) is 70.6 Å². The topological polar surface area (TPSA) is 29.3 Å². The lowest BCUT2D eigenvalue weighted by Crippen LogP contribution is -2.51. The summed E-state index contributed by atoms with van der Waals surface area (Å²) in [5, 5.41) is 0. The molecule has 0 aromatic heterocycles. The summed E-state index contributed by atoms with van der Waals surface area (Å²) in [7, 11) is 0. The summed E-state index contributed by atoms with van der Waals surface area (Å²) >= 11 is 0. The molecule has 0 heterocycles. The fourth-order valence-electron chi connectivity index (χ4n) is 2.91. The molecule has 114 valence electrons. The largest absolute Gasteiger partial charge is 0.404 e. The Balaban J connectivity index is 2.78. The summed E-state index contributed by atoms with van der Waals surface area (Å²) in [6, 6.07) is -1.27. The second kappa shape index (κ2) is 7.48. The molecular formula is C14H27F3N2. The van der Waals surface area contributed by atoms with E-state index in [0.29, 0.717) is 12.5 Å². The van der Waals surface area contributed by atoms with Crippen LogP contribution in [0.4, 0.5) is 13.2 Å². The van der Waals surface area contributed by atoms with E-state index in [9.17, 15) is 13.2 Å². The molecule has 0 aromatic rings. The molecule has 2 nitrogen and oxygen atoms in total. The van der Waals surface area contributed by atoms with Gasteiger partial charge in [0.2, 0.25) is 0 Å². The SMILES string of the molecule is CC(C)CCN(C1CCCC1)C(CCN)C(F)(F)F. The van der Waals surface area contributed by atoms with Crippen LogP contribution in [0.1, 0.15) is 52.4 Å². The fraction of sp³-hybridized carbons (Fsp3) is 1.00. The van der Waals surface area contributed by atoms with Crippen molar-refractivity contribution in [2.75, 3.05) is 13.1 Å². The highest BCUT2D eigenvalue weighted by atomic mass is 19.4. The molecule has 1 rings (SSSR count). The number of hydrogen-bond acceptors (Lipinski definition) is 2. The quantitative estimate of drug-likeness (QED) is 0.772. The van der Waals surface area contributed by atoms with Crippen molar-refractivity contribution in [3.63, 3.8) is 0 Å². The van der Waals surface area contributed by atoms with Crippen LogP contribution in [0.15, 0.2) is 0 Å². The summed E-state index contributed by atoms with van der Waals surface area (Å²) < 4.78 is 39.7. The van der Waals surface area contributed by atoms with Crippen LogP contribution in [-0.4, -0.2) is 36.2 Å². The van der Waals surface area contributed by atoms with Crippen LogP contribution < -0.4 is 5.73 Å². The molecule has 0 bridgehead atoms. The first kappa shape index (κ1) is 16.8. The first-order valence-electron chi connectivity index (χ1n) is 7.38. The minimum absolute atomic E-state index is 0.0120. The Kier molecular flexibility index (Phi) is 6.60. The van der Waals surface area contributed by atoms with Crippen molar-refractivity contribution in [3.05, 3.63) is 0 Å². The van der Waals surface area contributed by atoms with E-state index in [1.54, 1.807) is 4.90 Å². The lowest BCUT2D eigenvalue weighted by atomic mass is 10.0. The van der Waals surface area contributed by atoms with E-state index in [1.807, 2.05) is 0 Å². The van der Waals surface area contributed by atoms with Gasteiger partial charge < -0.3 is 5.73 Å². The van der Waals surface area contributed by atoms with Gasteiger partial charge in [0.1, 0.15) is 6.04 Å². The number of alkyl halides is 3. The lowest BCUT2D eigenvalue weighted by Gasteiger charge is -2.37. The van der Waals surface area contributed by atoms with E-state index in [4.69, 9.17) is 5.73 Å². The lowest BCUT2D eigenvalue weighted by molar-refractivity contribution is -0.191. The molecule has 0 spiro atoms. The standard InChI is InChI=1S/C14H27F3N2/c1-11(2)8-10-19(12-5-3-4-6-12)13(7-9-18)14(15,16)17/h11-13H,3-10,18H2,1-2H3. The summed E-state index contributed by atoms with van der Waals surface area (Å²) in [6.45, 7) is 4.73. The zero-order valence-corrected chi connectivity index (χ0v) is 12.0. The molecular weight excluding hydrogens is 253 g/mol. The van der Waals surface area contributed by atoms with Crippen LogP contribution >= 0.6 is 0 Å². The third kappa shape index (κ3) is 5.30. The van der Waals surface area contributed by atoms with E-state index in [0.717, 1.165) is 32.1 Å². The monoisotopic (exact) mass is 280 g/mol. The van der Waals surface area contributed by atoms with Crippen LogP contribution in [0, 0.1) is 5.92 Å². The maximum atomic E-state index is 13.2. The molecule has 2 N–H and O–H groups in total. The molecule has 19 heavy (non-hydrogen) atoms. The van der Waals surface area contributed by atoms with Gasteiger partial charge in [-0.1, -0.05) is 26.7 Å². The molecule has 0 amide bonds. The molecule has 5 heteroatoms. The summed E-state index contributed by atoms with van der Waals surface area (Å²) in [5.74, 6) is 0.427. The minimum Gasteiger partial charge on any atom is -0.330 e.